The number of piperidine rings is 1. The zero-order valence-electron chi connectivity index (χ0n) is 12.5. The molecule has 5 nitrogen and oxygen atoms in total. The van der Waals surface area contributed by atoms with Crippen LogP contribution in [-0.2, 0) is 15.7 Å². The van der Waals surface area contributed by atoms with Crippen molar-refractivity contribution in [3.63, 3.8) is 0 Å². The fraction of sp³-hybridized carbons (Fsp3) is 0.692. The molecule has 0 aromatic carbocycles. The first-order valence-electron chi connectivity index (χ1n) is 6.89. The van der Waals surface area contributed by atoms with Gasteiger partial charge >= 0.3 is 6.18 Å². The summed E-state index contributed by atoms with van der Waals surface area (Å²) in [5.74, 6) is -0.410. The molecule has 2 heterocycles. The fourth-order valence-electron chi connectivity index (χ4n) is 2.47. The molecule has 2 N–H and O–H groups in total. The first-order chi connectivity index (χ1) is 10.3. The van der Waals surface area contributed by atoms with Gasteiger partial charge in [0.1, 0.15) is 6.04 Å². The van der Waals surface area contributed by atoms with Crippen molar-refractivity contribution in [2.24, 2.45) is 5.73 Å². The van der Waals surface area contributed by atoms with Crippen LogP contribution in [0.25, 0.3) is 0 Å². The average molecular weight is 374 g/mol. The van der Waals surface area contributed by atoms with Gasteiger partial charge in [-0.1, -0.05) is 0 Å². The number of hydrogen-bond acceptors (Lipinski definition) is 5. The van der Waals surface area contributed by atoms with Crippen LogP contribution in [0, 0.1) is 0 Å². The number of amides is 1. The van der Waals surface area contributed by atoms with Crippen LogP contribution in [0.3, 0.4) is 0 Å². The van der Waals surface area contributed by atoms with E-state index in [-0.39, 0.29) is 30.8 Å². The van der Waals surface area contributed by atoms with Crippen molar-refractivity contribution in [2.75, 3.05) is 26.8 Å². The second-order valence-electron chi connectivity index (χ2n) is 5.25. The summed E-state index contributed by atoms with van der Waals surface area (Å²) in [6.45, 7) is 1.03. The van der Waals surface area contributed by atoms with Gasteiger partial charge < -0.3 is 15.4 Å². The van der Waals surface area contributed by atoms with Gasteiger partial charge in [-0.2, -0.15) is 13.2 Å². The number of halogens is 4. The van der Waals surface area contributed by atoms with Crippen molar-refractivity contribution in [1.82, 2.24) is 9.88 Å². The molecule has 0 bridgehead atoms. The Balaban J connectivity index is 0.00000264. The Kier molecular flexibility index (Phi) is 7.25. The van der Waals surface area contributed by atoms with Gasteiger partial charge in [0.15, 0.2) is 5.69 Å². The summed E-state index contributed by atoms with van der Waals surface area (Å²) in [5, 5.41) is 1.44. The number of methoxy groups -OCH3 is 1. The van der Waals surface area contributed by atoms with Crippen LogP contribution in [0.1, 0.15) is 29.5 Å². The highest BCUT2D eigenvalue weighted by molar-refractivity contribution is 7.09. The lowest BCUT2D eigenvalue weighted by atomic mass is 9.98. The largest absolute Gasteiger partial charge is 0.434 e. The quantitative estimate of drug-likeness (QED) is 0.879. The number of hydrogen-bond donors (Lipinski definition) is 1. The molecule has 0 aliphatic carbocycles. The van der Waals surface area contributed by atoms with Crippen LogP contribution in [0.5, 0.6) is 0 Å². The van der Waals surface area contributed by atoms with Crippen LogP contribution < -0.4 is 5.73 Å². The van der Waals surface area contributed by atoms with E-state index in [1.165, 1.54) is 7.11 Å². The minimum atomic E-state index is -4.43. The Morgan fingerprint density at radius 1 is 1.61 bits per heavy atom. The molecule has 1 fully saturated rings. The molecule has 1 amide bonds. The Morgan fingerprint density at radius 3 is 2.87 bits per heavy atom. The average Bonchev–Trinajstić information content (AvgIpc) is 2.97. The predicted molar refractivity (Wildman–Crippen MR) is 82.8 cm³/mol. The zero-order chi connectivity index (χ0) is 16.3. The monoisotopic (exact) mass is 373 g/mol. The molecule has 0 spiro atoms. The predicted octanol–water partition coefficient (Wildman–Crippen LogP) is 2.26. The molecule has 1 aromatic heterocycles. The lowest BCUT2D eigenvalue weighted by molar-refractivity contribution is -0.141. The van der Waals surface area contributed by atoms with Gasteiger partial charge in [0.25, 0.3) is 0 Å². The summed E-state index contributed by atoms with van der Waals surface area (Å²) >= 11 is 0.990. The van der Waals surface area contributed by atoms with Gasteiger partial charge in [-0.15, -0.1) is 23.7 Å². The summed E-state index contributed by atoms with van der Waals surface area (Å²) in [7, 11) is 1.46. The molecule has 2 unspecified atom stereocenters. The molecule has 2 atom stereocenters. The maximum Gasteiger partial charge on any atom is 0.434 e. The highest BCUT2D eigenvalue weighted by Crippen LogP contribution is 2.35. The van der Waals surface area contributed by atoms with Gasteiger partial charge in [-0.3, -0.25) is 4.79 Å². The number of rotatable bonds is 4. The van der Waals surface area contributed by atoms with E-state index >= 15 is 0 Å². The molecule has 132 valence electrons. The molecule has 0 saturated carbocycles. The third-order valence-electron chi connectivity index (χ3n) is 3.56. The number of alkyl halides is 3. The molecule has 10 heteroatoms. The Morgan fingerprint density at radius 2 is 2.30 bits per heavy atom. The molecule has 1 aliphatic rings. The Labute approximate surface area is 142 Å². The third kappa shape index (κ3) is 5.03. The molecular formula is C13H19ClF3N3O2S. The lowest BCUT2D eigenvalue weighted by Gasteiger charge is -2.33. The SMILES string of the molecule is COCC(N)C(=O)N1CCCC(c2nc(C(F)(F)F)cs2)C1.Cl. The zero-order valence-corrected chi connectivity index (χ0v) is 14.1. The van der Waals surface area contributed by atoms with Crippen LogP contribution in [-0.4, -0.2) is 48.6 Å². The molecule has 2 rings (SSSR count). The molecule has 1 saturated heterocycles. The van der Waals surface area contributed by atoms with Crippen LogP contribution in [0.15, 0.2) is 5.38 Å². The number of likely N-dealkylation sites (tertiary alicyclic amines) is 1. The second-order valence-corrected chi connectivity index (χ2v) is 6.14. The molecule has 0 radical (unpaired) electrons. The van der Waals surface area contributed by atoms with Gasteiger partial charge in [0.2, 0.25) is 5.91 Å². The van der Waals surface area contributed by atoms with Gasteiger partial charge in [-0.05, 0) is 12.8 Å². The van der Waals surface area contributed by atoms with Crippen molar-refractivity contribution in [1.29, 1.82) is 0 Å². The van der Waals surface area contributed by atoms with E-state index in [4.69, 9.17) is 10.5 Å². The molecule has 23 heavy (non-hydrogen) atoms. The van der Waals surface area contributed by atoms with Crippen molar-refractivity contribution in [3.05, 3.63) is 16.1 Å². The van der Waals surface area contributed by atoms with Gasteiger partial charge in [-0.25, -0.2) is 4.98 Å². The summed E-state index contributed by atoms with van der Waals surface area (Å²) in [6.07, 6.45) is -3.00. The summed E-state index contributed by atoms with van der Waals surface area (Å²) < 4.78 is 42.7. The first-order valence-corrected chi connectivity index (χ1v) is 7.76. The van der Waals surface area contributed by atoms with Crippen molar-refractivity contribution < 1.29 is 22.7 Å². The highest BCUT2D eigenvalue weighted by atomic mass is 35.5. The van der Waals surface area contributed by atoms with E-state index in [2.05, 4.69) is 4.98 Å². The van der Waals surface area contributed by atoms with Crippen LogP contribution >= 0.6 is 23.7 Å². The number of carbonyl (C=O) groups excluding carboxylic acids is 1. The normalized spacial score (nSPS) is 20.0. The standard InChI is InChI=1S/C13H18F3N3O2S.ClH/c1-21-6-9(17)12(20)19-4-2-3-8(5-19)11-18-10(7-22-11)13(14,15)16;/h7-9H,2-6,17H2,1H3;1H. The Hall–Kier alpha value is -0.900. The van der Waals surface area contributed by atoms with Crippen LogP contribution in [0.4, 0.5) is 13.2 Å². The molecular weight excluding hydrogens is 355 g/mol. The lowest BCUT2D eigenvalue weighted by Crippen LogP contribution is -2.49. The number of nitrogens with two attached hydrogens (primary N) is 1. The van der Waals surface area contributed by atoms with E-state index in [1.54, 1.807) is 4.90 Å². The number of thiazole rings is 1. The van der Waals surface area contributed by atoms with Crippen molar-refractivity contribution >= 4 is 29.7 Å². The maximum atomic E-state index is 12.6. The minimum Gasteiger partial charge on any atom is -0.383 e. The van der Waals surface area contributed by atoms with E-state index < -0.39 is 17.9 Å². The molecule has 1 aromatic rings. The van der Waals surface area contributed by atoms with Crippen molar-refractivity contribution in [2.45, 2.75) is 31.0 Å². The highest BCUT2D eigenvalue weighted by Gasteiger charge is 2.35. The van der Waals surface area contributed by atoms with E-state index in [0.717, 1.165) is 23.1 Å². The maximum absolute atomic E-state index is 12.6. The summed E-state index contributed by atoms with van der Waals surface area (Å²) in [6, 6.07) is -0.745. The van der Waals surface area contributed by atoms with Gasteiger partial charge in [0, 0.05) is 31.5 Å². The summed E-state index contributed by atoms with van der Waals surface area (Å²) in [4.78, 5) is 17.4. The smallest absolute Gasteiger partial charge is 0.383 e. The van der Waals surface area contributed by atoms with E-state index in [0.29, 0.717) is 24.5 Å². The van der Waals surface area contributed by atoms with E-state index in [9.17, 15) is 18.0 Å². The topological polar surface area (TPSA) is 68.5 Å². The van der Waals surface area contributed by atoms with Gasteiger partial charge in [0.05, 0.1) is 11.6 Å². The number of aromatic nitrogens is 1. The summed E-state index contributed by atoms with van der Waals surface area (Å²) in [5.41, 5.74) is 4.86. The number of ether oxygens (including phenoxy) is 1. The second kappa shape index (κ2) is 8.27. The fourth-order valence-corrected chi connectivity index (χ4v) is 3.42. The third-order valence-corrected chi connectivity index (χ3v) is 4.57. The minimum absolute atomic E-state index is 0. The van der Waals surface area contributed by atoms with Crippen LogP contribution in [0.2, 0.25) is 0 Å². The Bertz CT molecular complexity index is 527. The number of nitrogens with zero attached hydrogens (tertiary/aromatic N) is 2. The molecule has 1 aliphatic heterocycles. The number of carbonyl (C=O) groups is 1. The first kappa shape index (κ1) is 20.1. The van der Waals surface area contributed by atoms with Crippen molar-refractivity contribution in [3.8, 4) is 0 Å². The van der Waals surface area contributed by atoms with E-state index in [1.807, 2.05) is 0 Å².